The van der Waals surface area contributed by atoms with Crippen molar-refractivity contribution in [2.24, 2.45) is 0 Å². The Balaban J connectivity index is 1.48. The molecule has 0 radical (unpaired) electrons. The number of thiazole rings is 1. The highest BCUT2D eigenvalue weighted by Gasteiger charge is 2.20. The van der Waals surface area contributed by atoms with E-state index in [4.69, 9.17) is 21.6 Å². The molecule has 4 nitrogen and oxygen atoms in total. The minimum Gasteiger partial charge on any atom is -0.293 e. The number of aromatic nitrogens is 3. The van der Waals surface area contributed by atoms with Crippen LogP contribution in [0.15, 0.2) is 35.8 Å². The van der Waals surface area contributed by atoms with Gasteiger partial charge in [0.1, 0.15) is 0 Å². The van der Waals surface area contributed by atoms with Gasteiger partial charge in [0.2, 0.25) is 0 Å². The van der Waals surface area contributed by atoms with Gasteiger partial charge in [-0.1, -0.05) is 25.4 Å². The number of benzene rings is 1. The lowest BCUT2D eigenvalue weighted by molar-refractivity contribution is 0.240. The van der Waals surface area contributed by atoms with Gasteiger partial charge in [0.05, 0.1) is 16.4 Å². The molecular weight excluding hydrogens is 364 g/mol. The lowest BCUT2D eigenvalue weighted by Crippen LogP contribution is -2.31. The average Bonchev–Trinajstić information content (AvgIpc) is 3.11. The van der Waals surface area contributed by atoms with Gasteiger partial charge in [0.25, 0.3) is 0 Å². The third-order valence-corrected chi connectivity index (χ3v) is 6.01. The summed E-state index contributed by atoms with van der Waals surface area (Å²) in [5.41, 5.74) is 4.54. The second kappa shape index (κ2) is 7.43. The Bertz CT molecular complexity index is 904. The summed E-state index contributed by atoms with van der Waals surface area (Å²) in [6.07, 6.45) is 2.92. The summed E-state index contributed by atoms with van der Waals surface area (Å²) < 4.78 is 0. The molecule has 0 bridgehead atoms. The second-order valence-corrected chi connectivity index (χ2v) is 8.29. The van der Waals surface area contributed by atoms with Crippen LogP contribution >= 0.6 is 22.9 Å². The Morgan fingerprint density at radius 2 is 2.00 bits per heavy atom. The molecule has 3 aromatic rings. The van der Waals surface area contributed by atoms with Gasteiger partial charge >= 0.3 is 0 Å². The SMILES string of the molecule is CC(C)c1nc(CN2CCc3nc(-c4ccc(Cl)cc4)ncc3C2)cs1. The molecule has 4 rings (SSSR count). The summed E-state index contributed by atoms with van der Waals surface area (Å²) >= 11 is 7.73. The van der Waals surface area contributed by atoms with Crippen molar-refractivity contribution in [1.29, 1.82) is 0 Å². The van der Waals surface area contributed by atoms with Crippen LogP contribution in [0.25, 0.3) is 11.4 Å². The number of hydrogen-bond donors (Lipinski definition) is 0. The van der Waals surface area contributed by atoms with Gasteiger partial charge in [-0.05, 0) is 24.3 Å². The van der Waals surface area contributed by atoms with Crippen LogP contribution in [0.1, 0.15) is 41.7 Å². The molecule has 0 saturated heterocycles. The van der Waals surface area contributed by atoms with E-state index in [-0.39, 0.29) is 0 Å². The zero-order valence-electron chi connectivity index (χ0n) is 14.9. The van der Waals surface area contributed by atoms with Gasteiger partial charge in [-0.25, -0.2) is 15.0 Å². The Morgan fingerprint density at radius 3 is 2.73 bits per heavy atom. The molecule has 0 unspecified atom stereocenters. The highest BCUT2D eigenvalue weighted by atomic mass is 35.5. The first-order valence-corrected chi connectivity index (χ1v) is 10.1. The Kier molecular flexibility index (Phi) is 5.02. The maximum Gasteiger partial charge on any atom is 0.159 e. The number of rotatable bonds is 4. The Labute approximate surface area is 162 Å². The van der Waals surface area contributed by atoms with Gasteiger partial charge in [-0.3, -0.25) is 4.90 Å². The zero-order valence-corrected chi connectivity index (χ0v) is 16.5. The number of halogens is 1. The predicted octanol–water partition coefficient (Wildman–Crippen LogP) is 4.94. The van der Waals surface area contributed by atoms with Crippen LogP contribution in [-0.4, -0.2) is 26.4 Å². The smallest absolute Gasteiger partial charge is 0.159 e. The van der Waals surface area contributed by atoms with Gasteiger partial charge in [0.15, 0.2) is 5.82 Å². The fourth-order valence-electron chi connectivity index (χ4n) is 3.14. The van der Waals surface area contributed by atoms with Crippen LogP contribution in [0.3, 0.4) is 0 Å². The maximum absolute atomic E-state index is 5.97. The van der Waals surface area contributed by atoms with E-state index in [9.17, 15) is 0 Å². The molecule has 1 aromatic carbocycles. The molecule has 0 amide bonds. The van der Waals surface area contributed by atoms with E-state index in [0.717, 1.165) is 48.2 Å². The molecule has 0 fully saturated rings. The van der Waals surface area contributed by atoms with E-state index < -0.39 is 0 Å². The Morgan fingerprint density at radius 1 is 1.19 bits per heavy atom. The van der Waals surface area contributed by atoms with Crippen molar-refractivity contribution in [1.82, 2.24) is 19.9 Å². The van der Waals surface area contributed by atoms with Gasteiger partial charge in [-0.15, -0.1) is 11.3 Å². The monoisotopic (exact) mass is 384 g/mol. The van der Waals surface area contributed by atoms with E-state index >= 15 is 0 Å². The van der Waals surface area contributed by atoms with Crippen LogP contribution < -0.4 is 0 Å². The molecule has 2 aromatic heterocycles. The lowest BCUT2D eigenvalue weighted by Gasteiger charge is -2.27. The van der Waals surface area contributed by atoms with Crippen molar-refractivity contribution in [3.63, 3.8) is 0 Å². The van der Waals surface area contributed by atoms with Crippen LogP contribution in [0, 0.1) is 0 Å². The van der Waals surface area contributed by atoms with E-state index in [1.54, 1.807) is 11.3 Å². The number of nitrogens with zero attached hydrogens (tertiary/aromatic N) is 4. The molecule has 134 valence electrons. The van der Waals surface area contributed by atoms with Crippen molar-refractivity contribution in [2.45, 2.75) is 39.3 Å². The first-order valence-electron chi connectivity index (χ1n) is 8.86. The molecule has 26 heavy (non-hydrogen) atoms. The quantitative estimate of drug-likeness (QED) is 0.639. The zero-order chi connectivity index (χ0) is 18.1. The third-order valence-electron chi connectivity index (χ3n) is 4.56. The molecule has 0 atom stereocenters. The van der Waals surface area contributed by atoms with Gasteiger partial charge in [-0.2, -0.15) is 0 Å². The standard InChI is InChI=1S/C20H21ClN4S/c1-13(2)20-23-17(12-26-20)11-25-8-7-18-15(10-25)9-22-19(24-18)14-3-5-16(21)6-4-14/h3-6,9,12-13H,7-8,10-11H2,1-2H3. The molecule has 0 N–H and O–H groups in total. The topological polar surface area (TPSA) is 41.9 Å². The fraction of sp³-hybridized carbons (Fsp3) is 0.350. The van der Waals surface area contributed by atoms with Crippen LogP contribution in [0.2, 0.25) is 5.02 Å². The van der Waals surface area contributed by atoms with Crippen molar-refractivity contribution in [3.8, 4) is 11.4 Å². The van der Waals surface area contributed by atoms with Crippen molar-refractivity contribution in [3.05, 3.63) is 62.8 Å². The fourth-order valence-corrected chi connectivity index (χ4v) is 4.09. The summed E-state index contributed by atoms with van der Waals surface area (Å²) in [5, 5.41) is 4.13. The van der Waals surface area contributed by atoms with Gasteiger partial charge < -0.3 is 0 Å². The van der Waals surface area contributed by atoms with Crippen molar-refractivity contribution >= 4 is 22.9 Å². The van der Waals surface area contributed by atoms with Crippen molar-refractivity contribution < 1.29 is 0 Å². The third kappa shape index (κ3) is 3.80. The van der Waals surface area contributed by atoms with Crippen LogP contribution in [0.4, 0.5) is 0 Å². The molecule has 1 aliphatic rings. The van der Waals surface area contributed by atoms with E-state index in [2.05, 4.69) is 29.1 Å². The highest BCUT2D eigenvalue weighted by molar-refractivity contribution is 7.09. The van der Waals surface area contributed by atoms with E-state index in [0.29, 0.717) is 5.92 Å². The molecule has 0 aliphatic carbocycles. The van der Waals surface area contributed by atoms with Crippen molar-refractivity contribution in [2.75, 3.05) is 6.54 Å². The number of fused-ring (bicyclic) bond motifs is 1. The second-order valence-electron chi connectivity index (χ2n) is 6.96. The minimum absolute atomic E-state index is 0.496. The molecule has 0 saturated carbocycles. The van der Waals surface area contributed by atoms with E-state index in [1.165, 1.54) is 16.3 Å². The number of hydrogen-bond acceptors (Lipinski definition) is 5. The lowest BCUT2D eigenvalue weighted by atomic mass is 10.1. The molecule has 1 aliphatic heterocycles. The molecule has 0 spiro atoms. The summed E-state index contributed by atoms with van der Waals surface area (Å²) in [5.74, 6) is 1.27. The summed E-state index contributed by atoms with van der Waals surface area (Å²) in [6, 6.07) is 7.68. The molecular formula is C20H21ClN4S. The average molecular weight is 385 g/mol. The maximum atomic E-state index is 5.97. The first kappa shape index (κ1) is 17.6. The molecule has 3 heterocycles. The van der Waals surface area contributed by atoms with Crippen LogP contribution in [-0.2, 0) is 19.5 Å². The summed E-state index contributed by atoms with van der Waals surface area (Å²) in [7, 11) is 0. The van der Waals surface area contributed by atoms with Crippen LogP contribution in [0.5, 0.6) is 0 Å². The summed E-state index contributed by atoms with van der Waals surface area (Å²) in [4.78, 5) is 16.5. The molecule has 6 heteroatoms. The predicted molar refractivity (Wildman–Crippen MR) is 106 cm³/mol. The van der Waals surface area contributed by atoms with Gasteiger partial charge in [0, 0.05) is 59.7 Å². The van der Waals surface area contributed by atoms with E-state index in [1.807, 2.05) is 30.5 Å². The highest BCUT2D eigenvalue weighted by Crippen LogP contribution is 2.24. The summed E-state index contributed by atoms with van der Waals surface area (Å²) in [6.45, 7) is 7.15. The largest absolute Gasteiger partial charge is 0.293 e. The first-order chi connectivity index (χ1) is 12.6. The normalized spacial score (nSPS) is 14.6. The minimum atomic E-state index is 0.496. The Hall–Kier alpha value is -1.82.